The van der Waals surface area contributed by atoms with Gasteiger partial charge in [0.1, 0.15) is 0 Å². The summed E-state index contributed by atoms with van der Waals surface area (Å²) in [7, 11) is 3.35. The molecule has 0 aliphatic carbocycles. The molecule has 0 radical (unpaired) electrons. The second-order valence-electron chi connectivity index (χ2n) is 5.82. The Morgan fingerprint density at radius 2 is 1.90 bits per heavy atom. The molecule has 4 heteroatoms. The van der Waals surface area contributed by atoms with Gasteiger partial charge in [0, 0.05) is 10.0 Å². The normalized spacial score (nSPS) is 22.3. The third-order valence-corrected chi connectivity index (χ3v) is 5.18. The molecule has 1 unspecified atom stereocenters. The van der Waals surface area contributed by atoms with Crippen molar-refractivity contribution in [1.82, 2.24) is 5.32 Å². The quantitative estimate of drug-likeness (QED) is 0.883. The minimum Gasteiger partial charge on any atom is -0.493 e. The van der Waals surface area contributed by atoms with Gasteiger partial charge in [-0.15, -0.1) is 0 Å². The smallest absolute Gasteiger partial charge is 0.161 e. The molecule has 0 spiro atoms. The molecule has 2 rings (SSSR count). The number of halogens is 1. The van der Waals surface area contributed by atoms with Crippen LogP contribution in [0.25, 0.3) is 0 Å². The van der Waals surface area contributed by atoms with E-state index >= 15 is 0 Å². The monoisotopic (exact) mass is 341 g/mol. The zero-order valence-corrected chi connectivity index (χ0v) is 14.3. The van der Waals surface area contributed by atoms with Crippen molar-refractivity contribution in [3.63, 3.8) is 0 Å². The zero-order chi connectivity index (χ0) is 14.8. The van der Waals surface area contributed by atoms with Crippen LogP contribution in [0, 0.1) is 5.92 Å². The minimum absolute atomic E-state index is 0.197. The molecule has 20 heavy (non-hydrogen) atoms. The molecule has 1 fully saturated rings. The first kappa shape index (κ1) is 15.6. The van der Waals surface area contributed by atoms with Crippen molar-refractivity contribution in [2.75, 3.05) is 20.8 Å². The van der Waals surface area contributed by atoms with Gasteiger partial charge in [0.25, 0.3) is 0 Å². The first-order valence-corrected chi connectivity index (χ1v) is 7.97. The van der Waals surface area contributed by atoms with Crippen LogP contribution in [0.2, 0.25) is 0 Å². The van der Waals surface area contributed by atoms with Gasteiger partial charge in [-0.25, -0.2) is 0 Å². The summed E-state index contributed by atoms with van der Waals surface area (Å²) in [6.45, 7) is 5.71. The Morgan fingerprint density at radius 1 is 1.25 bits per heavy atom. The van der Waals surface area contributed by atoms with E-state index in [1.165, 1.54) is 18.4 Å². The fourth-order valence-electron chi connectivity index (χ4n) is 3.05. The average molecular weight is 342 g/mol. The SMILES string of the molecule is COc1cc(Br)c(CC2(C(C)C)CCCN2)cc1OC. The van der Waals surface area contributed by atoms with E-state index < -0.39 is 0 Å². The van der Waals surface area contributed by atoms with Gasteiger partial charge in [0.2, 0.25) is 0 Å². The molecule has 0 bridgehead atoms. The number of methoxy groups -OCH3 is 2. The topological polar surface area (TPSA) is 30.5 Å². The van der Waals surface area contributed by atoms with Gasteiger partial charge >= 0.3 is 0 Å². The second kappa shape index (κ2) is 6.35. The van der Waals surface area contributed by atoms with Gasteiger partial charge in [0.05, 0.1) is 14.2 Å². The molecule has 1 aromatic rings. The molecule has 1 aliphatic rings. The number of ether oxygens (including phenoxy) is 2. The van der Waals surface area contributed by atoms with Crippen LogP contribution < -0.4 is 14.8 Å². The van der Waals surface area contributed by atoms with Crippen molar-refractivity contribution in [2.24, 2.45) is 5.92 Å². The molecule has 0 amide bonds. The van der Waals surface area contributed by atoms with Gasteiger partial charge in [0.15, 0.2) is 11.5 Å². The lowest BCUT2D eigenvalue weighted by Crippen LogP contribution is -2.46. The molecule has 1 aliphatic heterocycles. The molecule has 3 nitrogen and oxygen atoms in total. The largest absolute Gasteiger partial charge is 0.493 e. The van der Waals surface area contributed by atoms with E-state index in [0.29, 0.717) is 5.92 Å². The van der Waals surface area contributed by atoms with E-state index in [-0.39, 0.29) is 5.54 Å². The van der Waals surface area contributed by atoms with E-state index in [1.807, 2.05) is 6.07 Å². The maximum absolute atomic E-state index is 5.42. The predicted molar refractivity (Wildman–Crippen MR) is 85.8 cm³/mol. The van der Waals surface area contributed by atoms with Crippen LogP contribution in [0.4, 0.5) is 0 Å². The lowest BCUT2D eigenvalue weighted by molar-refractivity contribution is 0.268. The maximum Gasteiger partial charge on any atom is 0.161 e. The van der Waals surface area contributed by atoms with Crippen molar-refractivity contribution < 1.29 is 9.47 Å². The predicted octanol–water partition coefficient (Wildman–Crippen LogP) is 3.79. The summed E-state index contributed by atoms with van der Waals surface area (Å²) in [5, 5.41) is 3.72. The molecular weight excluding hydrogens is 318 g/mol. The Balaban J connectivity index is 2.33. The van der Waals surface area contributed by atoms with Gasteiger partial charge in [-0.2, -0.15) is 0 Å². The zero-order valence-electron chi connectivity index (χ0n) is 12.8. The molecular formula is C16H24BrNO2. The van der Waals surface area contributed by atoms with Gasteiger partial charge in [-0.1, -0.05) is 29.8 Å². The summed E-state index contributed by atoms with van der Waals surface area (Å²) >= 11 is 3.67. The van der Waals surface area contributed by atoms with Crippen molar-refractivity contribution in [3.05, 3.63) is 22.2 Å². The van der Waals surface area contributed by atoms with Crippen LogP contribution in [0.5, 0.6) is 11.5 Å². The number of rotatable bonds is 5. The molecule has 1 atom stereocenters. The third kappa shape index (κ3) is 2.96. The summed E-state index contributed by atoms with van der Waals surface area (Å²) in [5.41, 5.74) is 1.47. The second-order valence-corrected chi connectivity index (χ2v) is 6.67. The van der Waals surface area contributed by atoms with Crippen molar-refractivity contribution in [1.29, 1.82) is 0 Å². The Morgan fingerprint density at radius 3 is 2.40 bits per heavy atom. The minimum atomic E-state index is 0.197. The lowest BCUT2D eigenvalue weighted by Gasteiger charge is -2.34. The van der Waals surface area contributed by atoms with E-state index in [1.54, 1.807) is 14.2 Å². The fraction of sp³-hybridized carbons (Fsp3) is 0.625. The van der Waals surface area contributed by atoms with Gasteiger partial charge < -0.3 is 14.8 Å². The summed E-state index contributed by atoms with van der Waals surface area (Å²) < 4.78 is 11.9. The van der Waals surface area contributed by atoms with Gasteiger partial charge in [-0.05, 0) is 49.4 Å². The van der Waals surface area contributed by atoms with E-state index in [9.17, 15) is 0 Å². The van der Waals surface area contributed by atoms with Crippen LogP contribution in [-0.4, -0.2) is 26.3 Å². The van der Waals surface area contributed by atoms with Crippen molar-refractivity contribution >= 4 is 15.9 Å². The number of hydrogen-bond donors (Lipinski definition) is 1. The third-order valence-electron chi connectivity index (χ3n) is 4.44. The standard InChI is InChI=1S/C16H24BrNO2/c1-11(2)16(6-5-7-18-16)10-12-8-14(19-3)15(20-4)9-13(12)17/h8-9,11,18H,5-7,10H2,1-4H3. The highest BCUT2D eigenvalue weighted by Crippen LogP contribution is 2.38. The first-order chi connectivity index (χ1) is 9.52. The first-order valence-electron chi connectivity index (χ1n) is 7.18. The fourth-order valence-corrected chi connectivity index (χ4v) is 3.51. The summed E-state index contributed by atoms with van der Waals surface area (Å²) in [6, 6.07) is 4.09. The van der Waals surface area contributed by atoms with Crippen LogP contribution in [-0.2, 0) is 6.42 Å². The van der Waals surface area contributed by atoms with Crippen LogP contribution >= 0.6 is 15.9 Å². The molecule has 0 aromatic heterocycles. The highest BCUT2D eigenvalue weighted by molar-refractivity contribution is 9.10. The van der Waals surface area contributed by atoms with Crippen molar-refractivity contribution in [3.8, 4) is 11.5 Å². The molecule has 1 N–H and O–H groups in total. The highest BCUT2D eigenvalue weighted by atomic mass is 79.9. The molecule has 1 aromatic carbocycles. The van der Waals surface area contributed by atoms with Crippen LogP contribution in [0.3, 0.4) is 0 Å². The molecule has 0 saturated carbocycles. The van der Waals surface area contributed by atoms with E-state index in [4.69, 9.17) is 9.47 Å². The highest BCUT2D eigenvalue weighted by Gasteiger charge is 2.37. The van der Waals surface area contributed by atoms with E-state index in [2.05, 4.69) is 41.2 Å². The molecule has 1 heterocycles. The Bertz CT molecular complexity index is 468. The lowest BCUT2D eigenvalue weighted by atomic mass is 9.80. The number of hydrogen-bond acceptors (Lipinski definition) is 3. The van der Waals surface area contributed by atoms with E-state index in [0.717, 1.165) is 28.9 Å². The Kier molecular flexibility index (Phi) is 4.97. The van der Waals surface area contributed by atoms with Gasteiger partial charge in [-0.3, -0.25) is 0 Å². The Hall–Kier alpha value is -0.740. The average Bonchev–Trinajstić information content (AvgIpc) is 2.90. The maximum atomic E-state index is 5.42. The Labute approximate surface area is 130 Å². The van der Waals surface area contributed by atoms with Crippen LogP contribution in [0.1, 0.15) is 32.3 Å². The number of nitrogens with one attached hydrogen (secondary N) is 1. The molecule has 1 saturated heterocycles. The number of benzene rings is 1. The summed E-state index contributed by atoms with van der Waals surface area (Å²) in [5.74, 6) is 2.16. The summed E-state index contributed by atoms with van der Waals surface area (Å²) in [6.07, 6.45) is 3.49. The van der Waals surface area contributed by atoms with Crippen LogP contribution in [0.15, 0.2) is 16.6 Å². The van der Waals surface area contributed by atoms with Crippen molar-refractivity contribution in [2.45, 2.75) is 38.6 Å². The molecule has 112 valence electrons. The summed E-state index contributed by atoms with van der Waals surface area (Å²) in [4.78, 5) is 0.